The van der Waals surface area contributed by atoms with Gasteiger partial charge in [-0.15, -0.1) is 11.8 Å². The molecule has 1 atom stereocenters. The first-order valence-corrected chi connectivity index (χ1v) is 12.2. The Morgan fingerprint density at radius 3 is 2.36 bits per heavy atom. The van der Waals surface area contributed by atoms with Gasteiger partial charge in [0.1, 0.15) is 5.75 Å². The van der Waals surface area contributed by atoms with Crippen LogP contribution < -0.4 is 15.4 Å². The van der Waals surface area contributed by atoms with Crippen molar-refractivity contribution in [3.63, 3.8) is 0 Å². The normalized spacial score (nSPS) is 15.1. The zero-order valence-electron chi connectivity index (χ0n) is 19.5. The maximum atomic E-state index is 12.9. The molecule has 2 N–H and O–H groups in total. The number of imide groups is 1. The predicted molar refractivity (Wildman–Crippen MR) is 136 cm³/mol. The molecule has 0 aliphatic carbocycles. The number of Topliss-reactive ketones (excluding diaryl/α,β-unsaturated/α-hetero) is 1. The number of esters is 1. The number of ketones is 1. The smallest absolute Gasteiger partial charge is 0.338 e. The second kappa shape index (κ2) is 11.1. The maximum absolute atomic E-state index is 12.9. The highest BCUT2D eigenvalue weighted by atomic mass is 32.2. The summed E-state index contributed by atoms with van der Waals surface area (Å²) in [6, 6.07) is 19.6. The number of rotatable bonds is 9. The summed E-state index contributed by atoms with van der Waals surface area (Å²) in [5.41, 5.74) is 7.34. The molecule has 184 valence electrons. The topological polar surface area (TPSA) is 116 Å². The highest BCUT2D eigenvalue weighted by molar-refractivity contribution is 8.00. The quantitative estimate of drug-likeness (QED) is 0.200. The van der Waals surface area contributed by atoms with Crippen molar-refractivity contribution in [3.8, 4) is 5.75 Å². The Balaban J connectivity index is 1.35. The number of hydrogen-bond acceptors (Lipinski definition) is 8. The van der Waals surface area contributed by atoms with Crippen LogP contribution in [-0.2, 0) is 14.3 Å². The molecule has 1 fully saturated rings. The molecule has 9 heteroatoms. The zero-order valence-corrected chi connectivity index (χ0v) is 20.3. The summed E-state index contributed by atoms with van der Waals surface area (Å²) in [6.45, 7) is 1.97. The van der Waals surface area contributed by atoms with Gasteiger partial charge in [0.15, 0.2) is 12.4 Å². The van der Waals surface area contributed by atoms with Crippen LogP contribution in [0.3, 0.4) is 0 Å². The average Bonchev–Trinajstić information content (AvgIpc) is 3.15. The van der Waals surface area contributed by atoms with E-state index in [-0.39, 0.29) is 29.6 Å². The van der Waals surface area contributed by atoms with Gasteiger partial charge in [0.2, 0.25) is 11.8 Å². The monoisotopic (exact) mass is 504 g/mol. The number of nitrogen functional groups attached to an aromatic ring is 1. The van der Waals surface area contributed by atoms with Gasteiger partial charge in [-0.05, 0) is 73.7 Å². The van der Waals surface area contributed by atoms with E-state index in [4.69, 9.17) is 15.2 Å². The molecule has 0 unspecified atom stereocenters. The fraction of sp³-hybridized carbons (Fsp3) is 0.185. The molecule has 0 saturated carbocycles. The minimum atomic E-state index is -0.685. The van der Waals surface area contributed by atoms with E-state index in [1.165, 1.54) is 36.0 Å². The van der Waals surface area contributed by atoms with E-state index in [1.807, 2.05) is 13.0 Å². The van der Waals surface area contributed by atoms with Crippen LogP contribution >= 0.6 is 11.8 Å². The molecule has 4 rings (SSSR count). The summed E-state index contributed by atoms with van der Waals surface area (Å²) in [4.78, 5) is 52.1. The molecular formula is C27H24N2O6S. The molecule has 0 aromatic heterocycles. The van der Waals surface area contributed by atoms with Gasteiger partial charge in [-0.25, -0.2) is 9.69 Å². The second-order valence-corrected chi connectivity index (χ2v) is 9.23. The van der Waals surface area contributed by atoms with Crippen molar-refractivity contribution in [2.45, 2.75) is 23.5 Å². The Morgan fingerprint density at radius 2 is 1.69 bits per heavy atom. The molecule has 36 heavy (non-hydrogen) atoms. The fourth-order valence-corrected chi connectivity index (χ4v) is 4.79. The van der Waals surface area contributed by atoms with Gasteiger partial charge in [-0.2, -0.15) is 0 Å². The van der Waals surface area contributed by atoms with Crippen molar-refractivity contribution in [2.24, 2.45) is 0 Å². The Labute approximate surface area is 212 Å². The third kappa shape index (κ3) is 5.75. The molecule has 1 heterocycles. The summed E-state index contributed by atoms with van der Waals surface area (Å²) >= 11 is 1.29. The maximum Gasteiger partial charge on any atom is 0.338 e. The molecule has 1 aliphatic rings. The predicted octanol–water partition coefficient (Wildman–Crippen LogP) is 4.13. The SMILES string of the molecule is CCOc1ccc(C(=O)COC(=O)c2ccc(N3C(=O)C[C@@H](Sc4cccc(N)c4)C3=O)cc2)cc1. The highest BCUT2D eigenvalue weighted by Gasteiger charge is 2.40. The third-order valence-electron chi connectivity index (χ3n) is 5.42. The van der Waals surface area contributed by atoms with Crippen molar-refractivity contribution >= 4 is 46.7 Å². The Bertz CT molecular complexity index is 1290. The number of benzene rings is 3. The van der Waals surface area contributed by atoms with Crippen LogP contribution in [0.4, 0.5) is 11.4 Å². The lowest BCUT2D eigenvalue weighted by Gasteiger charge is -2.15. The lowest BCUT2D eigenvalue weighted by molar-refractivity contribution is -0.121. The summed E-state index contributed by atoms with van der Waals surface area (Å²) in [5.74, 6) is -1.04. The molecular weight excluding hydrogens is 480 g/mol. The molecule has 0 radical (unpaired) electrons. The largest absolute Gasteiger partial charge is 0.494 e. The van der Waals surface area contributed by atoms with Gasteiger partial charge in [-0.3, -0.25) is 14.4 Å². The van der Waals surface area contributed by atoms with E-state index in [1.54, 1.807) is 42.5 Å². The molecule has 1 aliphatic heterocycles. The van der Waals surface area contributed by atoms with Gasteiger partial charge in [0.25, 0.3) is 0 Å². The van der Waals surface area contributed by atoms with Crippen molar-refractivity contribution < 1.29 is 28.7 Å². The standard InChI is InChI=1S/C27H24N2O6S/c1-2-34-21-12-8-17(9-13-21)23(30)16-35-27(33)18-6-10-20(11-7-18)29-25(31)15-24(26(29)32)36-22-5-3-4-19(28)14-22/h3-14,24H,2,15-16,28H2,1H3/t24-/m1/s1. The molecule has 0 bridgehead atoms. The number of anilines is 2. The van der Waals surface area contributed by atoms with Crippen LogP contribution in [0.15, 0.2) is 77.7 Å². The van der Waals surface area contributed by atoms with Crippen molar-refractivity contribution in [1.29, 1.82) is 0 Å². The molecule has 1 saturated heterocycles. The summed E-state index contributed by atoms with van der Waals surface area (Å²) in [6.07, 6.45) is 0.0652. The third-order valence-corrected chi connectivity index (χ3v) is 6.60. The van der Waals surface area contributed by atoms with Gasteiger partial charge >= 0.3 is 5.97 Å². The van der Waals surface area contributed by atoms with E-state index in [0.717, 1.165) is 9.80 Å². The lowest BCUT2D eigenvalue weighted by Crippen LogP contribution is -2.31. The van der Waals surface area contributed by atoms with Crippen LogP contribution in [-0.4, -0.2) is 42.0 Å². The van der Waals surface area contributed by atoms with E-state index < -0.39 is 17.8 Å². The Kier molecular flexibility index (Phi) is 7.70. The van der Waals surface area contributed by atoms with Crippen LogP contribution in [0, 0.1) is 0 Å². The molecule has 3 aromatic carbocycles. The first-order valence-electron chi connectivity index (χ1n) is 11.3. The van der Waals surface area contributed by atoms with Crippen molar-refractivity contribution in [1.82, 2.24) is 0 Å². The van der Waals surface area contributed by atoms with Crippen LogP contribution in [0.1, 0.15) is 34.1 Å². The fourth-order valence-electron chi connectivity index (χ4n) is 3.67. The Morgan fingerprint density at radius 1 is 1.00 bits per heavy atom. The van der Waals surface area contributed by atoms with Crippen molar-refractivity contribution in [3.05, 3.63) is 83.9 Å². The summed E-state index contributed by atoms with van der Waals surface area (Å²) in [7, 11) is 0. The van der Waals surface area contributed by atoms with E-state index in [0.29, 0.717) is 29.3 Å². The number of thioether (sulfide) groups is 1. The van der Waals surface area contributed by atoms with E-state index >= 15 is 0 Å². The van der Waals surface area contributed by atoms with Gasteiger partial charge < -0.3 is 15.2 Å². The van der Waals surface area contributed by atoms with Crippen LogP contribution in [0.2, 0.25) is 0 Å². The number of carbonyl (C=O) groups excluding carboxylic acids is 4. The number of amides is 2. The number of nitrogens with zero attached hydrogens (tertiary/aromatic N) is 1. The minimum absolute atomic E-state index is 0.0652. The molecule has 3 aromatic rings. The number of carbonyl (C=O) groups is 4. The second-order valence-electron chi connectivity index (χ2n) is 7.95. The first kappa shape index (κ1) is 25.0. The molecule has 2 amide bonds. The van der Waals surface area contributed by atoms with Crippen molar-refractivity contribution in [2.75, 3.05) is 23.8 Å². The summed E-state index contributed by atoms with van der Waals surface area (Å²) < 4.78 is 10.5. The van der Waals surface area contributed by atoms with E-state index in [2.05, 4.69) is 0 Å². The molecule has 8 nitrogen and oxygen atoms in total. The number of ether oxygens (including phenoxy) is 2. The highest BCUT2D eigenvalue weighted by Crippen LogP contribution is 2.34. The summed E-state index contributed by atoms with van der Waals surface area (Å²) in [5, 5.41) is -0.558. The van der Waals surface area contributed by atoms with Gasteiger partial charge in [-0.1, -0.05) is 6.07 Å². The average molecular weight is 505 g/mol. The van der Waals surface area contributed by atoms with E-state index in [9.17, 15) is 19.2 Å². The number of nitrogens with two attached hydrogens (primary N) is 1. The van der Waals surface area contributed by atoms with Crippen LogP contribution in [0.25, 0.3) is 0 Å². The van der Waals surface area contributed by atoms with Gasteiger partial charge in [0.05, 0.1) is 23.1 Å². The minimum Gasteiger partial charge on any atom is -0.494 e. The Hall–Kier alpha value is -4.11. The lowest BCUT2D eigenvalue weighted by atomic mass is 10.1. The number of hydrogen-bond donors (Lipinski definition) is 1. The van der Waals surface area contributed by atoms with Crippen LogP contribution in [0.5, 0.6) is 5.75 Å². The zero-order chi connectivity index (χ0) is 25.7. The first-order chi connectivity index (χ1) is 17.4. The van der Waals surface area contributed by atoms with Gasteiger partial charge in [0, 0.05) is 22.6 Å². The molecule has 0 spiro atoms.